The largest absolute Gasteiger partial charge is 0.423 e. The van der Waals surface area contributed by atoms with E-state index in [0.717, 1.165) is 0 Å². The quantitative estimate of drug-likeness (QED) is 0.206. The van der Waals surface area contributed by atoms with E-state index in [4.69, 9.17) is 32.0 Å². The highest BCUT2D eigenvalue weighted by Gasteiger charge is 2.20. The molecule has 0 fully saturated rings. The van der Waals surface area contributed by atoms with E-state index >= 15 is 0 Å². The summed E-state index contributed by atoms with van der Waals surface area (Å²) in [5, 5.41) is 0.555. The van der Waals surface area contributed by atoms with Gasteiger partial charge in [-0.15, -0.1) is 0 Å². The van der Waals surface area contributed by atoms with Gasteiger partial charge < -0.3 is 8.83 Å². The number of rotatable bonds is 7. The molecule has 0 saturated carbocycles. The number of fused-ring (bicyclic) bond motifs is 2. The maximum absolute atomic E-state index is 12.7. The number of nitrogens with zero attached hydrogens (tertiary/aromatic N) is 2. The van der Waals surface area contributed by atoms with Crippen molar-refractivity contribution in [2.24, 2.45) is 0 Å². The molecule has 4 aromatic carbocycles. The standard InChI is InChI=1S/C26H16Cl2N4O6S2/c27-17-3-1-5-19(13-17)39(33,34)31-25-29-21-9-7-15(11-23(21)37-25)16-8-10-22-24(12-16)38-26(30-22)32-40(35,36)20-6-2-4-18(28)14-20/h1-14H,(H,29,31)(H,30,32). The number of hydrogen-bond acceptors (Lipinski definition) is 8. The molecule has 6 rings (SSSR count). The normalized spacial score (nSPS) is 12.2. The van der Waals surface area contributed by atoms with Crippen LogP contribution in [0.25, 0.3) is 33.3 Å². The lowest BCUT2D eigenvalue weighted by atomic mass is 10.1. The van der Waals surface area contributed by atoms with Crippen LogP contribution in [0.4, 0.5) is 12.0 Å². The third-order valence-corrected chi connectivity index (χ3v) is 8.87. The maximum atomic E-state index is 12.7. The fraction of sp³-hybridized carbons (Fsp3) is 0. The highest BCUT2D eigenvalue weighted by Crippen LogP contribution is 2.31. The van der Waals surface area contributed by atoms with Crippen LogP contribution in [0, 0.1) is 0 Å². The second kappa shape index (κ2) is 9.82. The van der Waals surface area contributed by atoms with E-state index in [1.165, 1.54) is 36.4 Å². The predicted octanol–water partition coefficient (Wildman–Crippen LogP) is 6.54. The van der Waals surface area contributed by atoms with Crippen LogP contribution >= 0.6 is 23.2 Å². The van der Waals surface area contributed by atoms with Crippen molar-refractivity contribution in [1.82, 2.24) is 9.97 Å². The van der Waals surface area contributed by atoms with Crippen LogP contribution in [0.1, 0.15) is 0 Å². The summed E-state index contributed by atoms with van der Waals surface area (Å²) >= 11 is 11.8. The zero-order valence-corrected chi connectivity index (χ0v) is 23.1. The first-order valence-electron chi connectivity index (χ1n) is 11.4. The Morgan fingerprint density at radius 2 is 1.00 bits per heavy atom. The zero-order chi connectivity index (χ0) is 28.1. The van der Waals surface area contributed by atoms with Crippen molar-refractivity contribution in [2.45, 2.75) is 9.79 Å². The molecular weight excluding hydrogens is 599 g/mol. The molecule has 2 aromatic heterocycles. The fourth-order valence-corrected chi connectivity index (χ4v) is 6.37. The molecule has 0 amide bonds. The molecule has 0 spiro atoms. The number of sulfonamides is 2. The van der Waals surface area contributed by atoms with Crippen LogP contribution in [0.3, 0.4) is 0 Å². The molecule has 14 heteroatoms. The van der Waals surface area contributed by atoms with Gasteiger partial charge in [0.15, 0.2) is 11.2 Å². The molecule has 0 saturated heterocycles. The first kappa shape index (κ1) is 26.1. The number of nitrogens with one attached hydrogen (secondary N) is 2. The molecule has 40 heavy (non-hydrogen) atoms. The summed E-state index contributed by atoms with van der Waals surface area (Å²) in [7, 11) is -7.93. The molecule has 0 aliphatic heterocycles. The van der Waals surface area contributed by atoms with Gasteiger partial charge in [-0.25, -0.2) is 26.3 Å². The molecule has 0 radical (unpaired) electrons. The summed E-state index contributed by atoms with van der Waals surface area (Å²) in [6, 6.07) is 21.5. The van der Waals surface area contributed by atoms with Crippen molar-refractivity contribution < 1.29 is 25.7 Å². The number of halogens is 2. The van der Waals surface area contributed by atoms with Crippen molar-refractivity contribution in [2.75, 3.05) is 9.44 Å². The minimum absolute atomic E-state index is 0.0301. The molecule has 0 aliphatic carbocycles. The maximum Gasteiger partial charge on any atom is 0.309 e. The minimum Gasteiger partial charge on any atom is -0.423 e. The topological polar surface area (TPSA) is 144 Å². The molecule has 2 heterocycles. The van der Waals surface area contributed by atoms with Gasteiger partial charge in [0.2, 0.25) is 0 Å². The van der Waals surface area contributed by atoms with E-state index in [1.54, 1.807) is 48.5 Å². The Morgan fingerprint density at radius 3 is 1.40 bits per heavy atom. The van der Waals surface area contributed by atoms with Gasteiger partial charge in [-0.05, 0) is 71.8 Å². The average molecular weight is 615 g/mol. The first-order chi connectivity index (χ1) is 19.1. The van der Waals surface area contributed by atoms with Crippen LogP contribution in [-0.4, -0.2) is 26.8 Å². The Labute approximate surface area is 237 Å². The molecule has 0 unspecified atom stereocenters. The number of benzene rings is 4. The summed E-state index contributed by atoms with van der Waals surface area (Å²) < 4.78 is 66.7. The molecule has 10 nitrogen and oxygen atoms in total. The van der Waals surface area contributed by atoms with Gasteiger partial charge in [-0.2, -0.15) is 9.97 Å². The van der Waals surface area contributed by atoms with Gasteiger partial charge in [-0.3, -0.25) is 0 Å². The summed E-state index contributed by atoms with van der Waals surface area (Å²) in [6.07, 6.45) is 0. The van der Waals surface area contributed by atoms with Gasteiger partial charge in [0.1, 0.15) is 11.0 Å². The van der Waals surface area contributed by atoms with Crippen molar-refractivity contribution >= 4 is 77.5 Å². The van der Waals surface area contributed by atoms with E-state index in [2.05, 4.69) is 19.4 Å². The predicted molar refractivity (Wildman–Crippen MR) is 152 cm³/mol. The van der Waals surface area contributed by atoms with Crippen LogP contribution in [-0.2, 0) is 20.0 Å². The van der Waals surface area contributed by atoms with Crippen molar-refractivity contribution in [3.05, 3.63) is 95.0 Å². The molecular formula is C26H16Cl2N4O6S2. The number of hydrogen-bond donors (Lipinski definition) is 2. The Kier molecular flexibility index (Phi) is 6.42. The van der Waals surface area contributed by atoms with Crippen molar-refractivity contribution in [1.29, 1.82) is 0 Å². The van der Waals surface area contributed by atoms with E-state index in [1.807, 2.05) is 0 Å². The Morgan fingerprint density at radius 1 is 0.575 bits per heavy atom. The summed E-state index contributed by atoms with van der Waals surface area (Å²) in [4.78, 5) is 8.35. The van der Waals surface area contributed by atoms with Crippen LogP contribution in [0.2, 0.25) is 10.0 Å². The van der Waals surface area contributed by atoms with E-state index in [9.17, 15) is 16.8 Å². The summed E-state index contributed by atoms with van der Waals surface area (Å²) in [5.41, 5.74) is 2.99. The third kappa shape index (κ3) is 5.21. The lowest BCUT2D eigenvalue weighted by molar-refractivity contribution is 0.589. The Bertz CT molecular complexity index is 1990. The molecule has 0 aliphatic rings. The summed E-state index contributed by atoms with van der Waals surface area (Å²) in [6.45, 7) is 0. The zero-order valence-electron chi connectivity index (χ0n) is 20.0. The Hall–Kier alpha value is -4.10. The molecule has 0 bridgehead atoms. The first-order valence-corrected chi connectivity index (χ1v) is 15.2. The van der Waals surface area contributed by atoms with Gasteiger partial charge in [0.25, 0.3) is 20.0 Å². The van der Waals surface area contributed by atoms with Crippen molar-refractivity contribution in [3.63, 3.8) is 0 Å². The second-order valence-electron chi connectivity index (χ2n) is 8.53. The van der Waals surface area contributed by atoms with E-state index in [-0.39, 0.29) is 31.9 Å². The number of anilines is 2. The smallest absolute Gasteiger partial charge is 0.309 e. The highest BCUT2D eigenvalue weighted by atomic mass is 35.5. The lowest BCUT2D eigenvalue weighted by Crippen LogP contribution is -2.13. The number of oxazole rings is 2. The van der Waals surface area contributed by atoms with Crippen molar-refractivity contribution in [3.8, 4) is 11.1 Å². The Balaban J connectivity index is 1.26. The third-order valence-electron chi connectivity index (χ3n) is 5.77. The van der Waals surface area contributed by atoms with Crippen LogP contribution in [0.15, 0.2) is 104 Å². The van der Waals surface area contributed by atoms with Gasteiger partial charge >= 0.3 is 12.0 Å². The van der Waals surface area contributed by atoms with E-state index < -0.39 is 20.0 Å². The lowest BCUT2D eigenvalue weighted by Gasteiger charge is -2.04. The minimum atomic E-state index is -3.97. The van der Waals surface area contributed by atoms with Gasteiger partial charge in [0, 0.05) is 10.0 Å². The van der Waals surface area contributed by atoms with Gasteiger partial charge in [0.05, 0.1) is 9.79 Å². The SMILES string of the molecule is O=S(=O)(Nc1nc2ccc(-c3ccc4nc(NS(=O)(=O)c5cccc(Cl)c5)oc4c3)cc2o1)c1cccc(Cl)c1. The monoisotopic (exact) mass is 614 g/mol. The fourth-order valence-electron chi connectivity index (χ4n) is 3.91. The van der Waals surface area contributed by atoms with E-state index in [0.29, 0.717) is 33.3 Å². The molecule has 6 aromatic rings. The molecule has 2 N–H and O–H groups in total. The van der Waals surface area contributed by atoms with Gasteiger partial charge in [-0.1, -0.05) is 47.5 Å². The number of aromatic nitrogens is 2. The second-order valence-corrected chi connectivity index (χ2v) is 12.8. The highest BCUT2D eigenvalue weighted by molar-refractivity contribution is 7.93. The summed E-state index contributed by atoms with van der Waals surface area (Å²) in [5.74, 6) is 0. The average Bonchev–Trinajstić information content (AvgIpc) is 3.49. The van der Waals surface area contributed by atoms with Crippen LogP contribution in [0.5, 0.6) is 0 Å². The van der Waals surface area contributed by atoms with Crippen LogP contribution < -0.4 is 9.44 Å². The molecule has 0 atom stereocenters. The molecule has 202 valence electrons.